The first-order valence-electron chi connectivity index (χ1n) is 8.58. The summed E-state index contributed by atoms with van der Waals surface area (Å²) in [6.45, 7) is 5.33. The van der Waals surface area contributed by atoms with Gasteiger partial charge >= 0.3 is 0 Å². The van der Waals surface area contributed by atoms with Crippen molar-refractivity contribution in [3.8, 4) is 0 Å². The Morgan fingerprint density at radius 2 is 1.16 bits per heavy atom. The van der Waals surface area contributed by atoms with Crippen molar-refractivity contribution in [2.45, 2.75) is 97.3 Å². The molecule has 2 heteroatoms. The Bertz CT molecular complexity index is 192. The van der Waals surface area contributed by atoms with Gasteiger partial charge in [-0.05, 0) is 12.8 Å². The minimum atomic E-state index is 0.252. The van der Waals surface area contributed by atoms with E-state index in [1.54, 1.807) is 0 Å². The zero-order valence-electron chi connectivity index (χ0n) is 13.3. The van der Waals surface area contributed by atoms with E-state index in [0.29, 0.717) is 0 Å². The lowest BCUT2D eigenvalue weighted by molar-refractivity contribution is -0.121. The van der Waals surface area contributed by atoms with Crippen molar-refractivity contribution < 1.29 is 4.79 Å². The second-order valence-corrected chi connectivity index (χ2v) is 5.64. The third-order valence-corrected chi connectivity index (χ3v) is 3.61. The van der Waals surface area contributed by atoms with Crippen LogP contribution in [-0.4, -0.2) is 12.5 Å². The Morgan fingerprint density at radius 3 is 1.74 bits per heavy atom. The molecule has 0 bridgehead atoms. The van der Waals surface area contributed by atoms with Gasteiger partial charge in [0.15, 0.2) is 0 Å². The largest absolute Gasteiger partial charge is 0.356 e. The van der Waals surface area contributed by atoms with E-state index in [1.807, 2.05) is 0 Å². The van der Waals surface area contributed by atoms with Gasteiger partial charge in [-0.2, -0.15) is 0 Å². The Morgan fingerprint density at radius 1 is 0.684 bits per heavy atom. The number of carbonyl (C=O) groups excluding carboxylic acids is 1. The summed E-state index contributed by atoms with van der Waals surface area (Å²) >= 11 is 0. The van der Waals surface area contributed by atoms with Crippen molar-refractivity contribution in [2.24, 2.45) is 0 Å². The van der Waals surface area contributed by atoms with Crippen LogP contribution in [-0.2, 0) is 4.79 Å². The van der Waals surface area contributed by atoms with Crippen LogP contribution in [0.15, 0.2) is 0 Å². The van der Waals surface area contributed by atoms with Crippen molar-refractivity contribution in [3.63, 3.8) is 0 Å². The molecule has 0 atom stereocenters. The number of hydrogen-bond acceptors (Lipinski definition) is 1. The van der Waals surface area contributed by atoms with E-state index in [2.05, 4.69) is 19.2 Å². The third-order valence-electron chi connectivity index (χ3n) is 3.61. The molecule has 0 saturated carbocycles. The van der Waals surface area contributed by atoms with E-state index in [9.17, 15) is 4.79 Å². The van der Waals surface area contributed by atoms with Gasteiger partial charge in [0.2, 0.25) is 5.91 Å². The van der Waals surface area contributed by atoms with Crippen LogP contribution in [0.4, 0.5) is 0 Å². The number of unbranched alkanes of at least 4 members (excludes halogenated alkanes) is 10. The Labute approximate surface area is 120 Å². The fraction of sp³-hybridized carbons (Fsp3) is 0.941. The van der Waals surface area contributed by atoms with E-state index < -0.39 is 0 Å². The molecule has 114 valence electrons. The highest BCUT2D eigenvalue weighted by Gasteiger charge is 2.00. The number of amides is 1. The summed E-state index contributed by atoms with van der Waals surface area (Å²) < 4.78 is 0. The molecule has 0 aromatic rings. The fourth-order valence-corrected chi connectivity index (χ4v) is 2.29. The summed E-state index contributed by atoms with van der Waals surface area (Å²) in [5.41, 5.74) is 0. The summed E-state index contributed by atoms with van der Waals surface area (Å²) in [5, 5.41) is 3.02. The average Bonchev–Trinajstić information content (AvgIpc) is 2.41. The van der Waals surface area contributed by atoms with E-state index in [1.165, 1.54) is 64.2 Å². The smallest absolute Gasteiger partial charge is 0.219 e. The second kappa shape index (κ2) is 15.5. The standard InChI is InChI=1S/C17H35NO/c1-3-5-7-9-10-11-12-13-15-17(19)18-16-14-8-6-4-2/h3-16H2,1-2H3,(H,18,19). The van der Waals surface area contributed by atoms with Gasteiger partial charge in [0.1, 0.15) is 0 Å². The Kier molecular flexibility index (Phi) is 15.1. The SMILES string of the molecule is CCCCCCCCCCC(=O)NCCCCCC. The predicted molar refractivity (Wildman–Crippen MR) is 84.4 cm³/mol. The van der Waals surface area contributed by atoms with Crippen molar-refractivity contribution in [1.29, 1.82) is 0 Å². The van der Waals surface area contributed by atoms with Gasteiger partial charge in [0.25, 0.3) is 0 Å². The Balaban J connectivity index is 3.12. The van der Waals surface area contributed by atoms with E-state index >= 15 is 0 Å². The molecule has 1 amide bonds. The minimum Gasteiger partial charge on any atom is -0.356 e. The summed E-state index contributed by atoms with van der Waals surface area (Å²) in [6, 6.07) is 0. The molecule has 0 rings (SSSR count). The highest BCUT2D eigenvalue weighted by Crippen LogP contribution is 2.09. The molecule has 0 fully saturated rings. The molecule has 1 N–H and O–H groups in total. The first-order chi connectivity index (χ1) is 9.31. The van der Waals surface area contributed by atoms with E-state index in [-0.39, 0.29) is 5.91 Å². The maximum Gasteiger partial charge on any atom is 0.219 e. The molecule has 0 aromatic carbocycles. The molecule has 0 unspecified atom stereocenters. The van der Waals surface area contributed by atoms with Crippen molar-refractivity contribution in [3.05, 3.63) is 0 Å². The quantitative estimate of drug-likeness (QED) is 0.431. The predicted octanol–water partition coefficient (Wildman–Crippen LogP) is 5.21. The highest BCUT2D eigenvalue weighted by atomic mass is 16.1. The number of rotatable bonds is 14. The molecule has 0 aliphatic heterocycles. The lowest BCUT2D eigenvalue weighted by Crippen LogP contribution is -2.23. The molecule has 0 heterocycles. The molecule has 0 radical (unpaired) electrons. The number of carbonyl (C=O) groups is 1. The number of nitrogens with one attached hydrogen (secondary N) is 1. The molecule has 0 saturated heterocycles. The monoisotopic (exact) mass is 269 g/mol. The maximum absolute atomic E-state index is 11.5. The van der Waals surface area contributed by atoms with Gasteiger partial charge in [-0.25, -0.2) is 0 Å². The first kappa shape index (κ1) is 18.5. The summed E-state index contributed by atoms with van der Waals surface area (Å²) in [6.07, 6.45) is 16.0. The molecule has 0 aliphatic rings. The second-order valence-electron chi connectivity index (χ2n) is 5.64. The zero-order valence-corrected chi connectivity index (χ0v) is 13.3. The molecular formula is C17H35NO. The Hall–Kier alpha value is -0.530. The van der Waals surface area contributed by atoms with E-state index in [0.717, 1.165) is 25.8 Å². The normalized spacial score (nSPS) is 10.6. The van der Waals surface area contributed by atoms with Crippen LogP contribution >= 0.6 is 0 Å². The van der Waals surface area contributed by atoms with Crippen LogP contribution in [0.5, 0.6) is 0 Å². The van der Waals surface area contributed by atoms with Crippen LogP contribution in [0.25, 0.3) is 0 Å². The number of hydrogen-bond donors (Lipinski definition) is 1. The van der Waals surface area contributed by atoms with Gasteiger partial charge in [-0.3, -0.25) is 4.79 Å². The average molecular weight is 269 g/mol. The highest BCUT2D eigenvalue weighted by molar-refractivity contribution is 5.75. The molecule has 0 spiro atoms. The molecule has 0 aromatic heterocycles. The van der Waals surface area contributed by atoms with Crippen LogP contribution in [0, 0.1) is 0 Å². The summed E-state index contributed by atoms with van der Waals surface area (Å²) in [4.78, 5) is 11.5. The van der Waals surface area contributed by atoms with Crippen LogP contribution in [0.1, 0.15) is 97.3 Å². The lowest BCUT2D eigenvalue weighted by atomic mass is 10.1. The molecule has 19 heavy (non-hydrogen) atoms. The van der Waals surface area contributed by atoms with Crippen molar-refractivity contribution in [1.82, 2.24) is 5.32 Å². The topological polar surface area (TPSA) is 29.1 Å². The van der Waals surface area contributed by atoms with Gasteiger partial charge in [0, 0.05) is 13.0 Å². The maximum atomic E-state index is 11.5. The van der Waals surface area contributed by atoms with Crippen molar-refractivity contribution >= 4 is 5.91 Å². The van der Waals surface area contributed by atoms with Crippen LogP contribution in [0.2, 0.25) is 0 Å². The molecule has 2 nitrogen and oxygen atoms in total. The van der Waals surface area contributed by atoms with Gasteiger partial charge in [-0.15, -0.1) is 0 Å². The van der Waals surface area contributed by atoms with Crippen molar-refractivity contribution in [2.75, 3.05) is 6.54 Å². The van der Waals surface area contributed by atoms with Gasteiger partial charge in [-0.1, -0.05) is 78.1 Å². The lowest BCUT2D eigenvalue weighted by Gasteiger charge is -2.05. The summed E-state index contributed by atoms with van der Waals surface area (Å²) in [7, 11) is 0. The first-order valence-corrected chi connectivity index (χ1v) is 8.58. The zero-order chi connectivity index (χ0) is 14.2. The molecule has 0 aliphatic carbocycles. The van der Waals surface area contributed by atoms with Gasteiger partial charge in [0.05, 0.1) is 0 Å². The van der Waals surface area contributed by atoms with Crippen LogP contribution < -0.4 is 5.32 Å². The molecular weight excluding hydrogens is 234 g/mol. The van der Waals surface area contributed by atoms with Crippen LogP contribution in [0.3, 0.4) is 0 Å². The van der Waals surface area contributed by atoms with E-state index in [4.69, 9.17) is 0 Å². The summed E-state index contributed by atoms with van der Waals surface area (Å²) in [5.74, 6) is 0.252. The van der Waals surface area contributed by atoms with Gasteiger partial charge < -0.3 is 5.32 Å². The third kappa shape index (κ3) is 15.4. The minimum absolute atomic E-state index is 0.252. The fourth-order valence-electron chi connectivity index (χ4n) is 2.29.